The van der Waals surface area contributed by atoms with Crippen molar-refractivity contribution in [2.45, 2.75) is 0 Å². The first-order valence-corrected chi connectivity index (χ1v) is 6.90. The van der Waals surface area contributed by atoms with Crippen LogP contribution in [-0.2, 0) is 9.31 Å². The van der Waals surface area contributed by atoms with Crippen LogP contribution in [0.15, 0.2) is 48.5 Å². The van der Waals surface area contributed by atoms with Crippen molar-refractivity contribution >= 4 is 19.3 Å². The number of benzene rings is 2. The smallest absolute Gasteiger partial charge is 0.808 e. The van der Waals surface area contributed by atoms with Crippen molar-refractivity contribution in [3.63, 3.8) is 0 Å². The molecule has 0 unspecified atom stereocenters. The zero-order valence-electron chi connectivity index (χ0n) is 14.1. The van der Waals surface area contributed by atoms with E-state index in [0.29, 0.717) is 0 Å². The summed E-state index contributed by atoms with van der Waals surface area (Å²) in [6.07, 6.45) is 0. The van der Waals surface area contributed by atoms with Crippen LogP contribution in [-0.4, -0.2) is 33.5 Å². The van der Waals surface area contributed by atoms with Crippen LogP contribution in [0.25, 0.3) is 0 Å². The molecule has 7 nitrogen and oxygen atoms in total. The first-order valence-electron chi connectivity index (χ1n) is 6.90. The van der Waals surface area contributed by atoms with Gasteiger partial charge in [0, 0.05) is 0 Å². The second-order valence-corrected chi connectivity index (χ2v) is 4.50. The molecule has 0 amide bonds. The van der Waals surface area contributed by atoms with Gasteiger partial charge in [-0.05, 0) is 24.3 Å². The molecule has 0 atom stereocenters. The predicted octanol–water partition coefficient (Wildman–Crippen LogP) is -1.93. The molecule has 9 heteroatoms. The summed E-state index contributed by atoms with van der Waals surface area (Å²) in [6.45, 7) is 0. The Morgan fingerprint density at radius 2 is 1.16 bits per heavy atom. The van der Waals surface area contributed by atoms with E-state index in [2.05, 4.69) is 9.31 Å². The summed E-state index contributed by atoms with van der Waals surface area (Å²) in [4.78, 5) is 23.9. The summed E-state index contributed by atoms with van der Waals surface area (Å²) in [7, 11) is 0.435. The van der Waals surface area contributed by atoms with E-state index in [1.165, 1.54) is 38.5 Å². The Kier molecular flexibility index (Phi) is 8.09. The third-order valence-corrected chi connectivity index (χ3v) is 3.06. The van der Waals surface area contributed by atoms with E-state index in [-0.39, 0.29) is 41.5 Å². The van der Waals surface area contributed by atoms with E-state index in [1.54, 1.807) is 24.3 Å². The van der Waals surface area contributed by atoms with Crippen LogP contribution in [0.5, 0.6) is 11.5 Å². The van der Waals surface area contributed by atoms with E-state index in [0.717, 1.165) is 0 Å². The molecule has 0 saturated carbocycles. The van der Waals surface area contributed by atoms with E-state index in [9.17, 15) is 14.6 Å². The fraction of sp³-hybridized carbons (Fsp3) is 0.125. The topological polar surface area (TPSA) is 94.1 Å². The third kappa shape index (κ3) is 5.29. The Hall–Kier alpha value is -2.40. The Morgan fingerprint density at radius 1 is 0.800 bits per heavy atom. The number of para-hydroxylation sites is 2. The van der Waals surface area contributed by atoms with Crippen molar-refractivity contribution < 1.29 is 52.3 Å². The van der Waals surface area contributed by atoms with Crippen molar-refractivity contribution in [3.8, 4) is 11.5 Å². The molecule has 2 aromatic rings. The van der Waals surface area contributed by atoms with Crippen LogP contribution in [0.2, 0.25) is 0 Å². The Balaban J connectivity index is 0.00000312. The molecular formula is C16H14BLiO7. The molecule has 0 spiro atoms. The maximum Gasteiger partial charge on any atom is 1.00 e. The number of carbonyl (C=O) groups excluding carboxylic acids is 2. The molecule has 2 aromatic carbocycles. The van der Waals surface area contributed by atoms with E-state index < -0.39 is 19.3 Å². The van der Waals surface area contributed by atoms with E-state index in [4.69, 9.17) is 9.47 Å². The van der Waals surface area contributed by atoms with Gasteiger partial charge in [0.2, 0.25) is 0 Å². The normalized spacial score (nSPS) is 9.40. The molecule has 0 saturated heterocycles. The largest absolute Gasteiger partial charge is 1.00 e. The van der Waals surface area contributed by atoms with Crippen LogP contribution < -0.4 is 33.4 Å². The fourth-order valence-electron chi connectivity index (χ4n) is 1.95. The van der Waals surface area contributed by atoms with Crippen LogP contribution in [0.3, 0.4) is 0 Å². The molecule has 0 aromatic heterocycles. The van der Waals surface area contributed by atoms with Gasteiger partial charge in [0.15, 0.2) is 0 Å². The van der Waals surface area contributed by atoms with E-state index in [1.807, 2.05) is 0 Å². The number of ether oxygens (including phenoxy) is 2. The summed E-state index contributed by atoms with van der Waals surface area (Å²) in [5.74, 6) is -1.43. The molecule has 0 aliphatic carbocycles. The monoisotopic (exact) mass is 336 g/mol. The molecule has 0 aliphatic heterocycles. The molecule has 124 valence electrons. The minimum Gasteiger partial charge on any atom is -0.808 e. The molecule has 0 aliphatic rings. The molecule has 25 heavy (non-hydrogen) atoms. The minimum atomic E-state index is -2.32. The Labute approximate surface area is 157 Å². The number of rotatable bonds is 6. The molecule has 0 fully saturated rings. The van der Waals surface area contributed by atoms with Gasteiger partial charge in [-0.3, -0.25) is 0 Å². The number of hydrogen-bond acceptors (Lipinski definition) is 7. The second-order valence-electron chi connectivity index (χ2n) is 4.50. The van der Waals surface area contributed by atoms with Gasteiger partial charge in [-0.1, -0.05) is 24.3 Å². The SMILES string of the molecule is COc1ccccc1C(=O)OB([O-])OC(=O)c1ccccc1OC.[Li+]. The van der Waals surface area contributed by atoms with Gasteiger partial charge in [-0.15, -0.1) is 0 Å². The summed E-state index contributed by atoms with van der Waals surface area (Å²) >= 11 is 0. The average Bonchev–Trinajstić information content (AvgIpc) is 2.61. The molecule has 0 heterocycles. The molecule has 0 N–H and O–H groups in total. The molecule has 0 bridgehead atoms. The van der Waals surface area contributed by atoms with Crippen molar-refractivity contribution in [1.29, 1.82) is 0 Å². The van der Waals surface area contributed by atoms with Gasteiger partial charge in [0.25, 0.3) is 0 Å². The maximum absolute atomic E-state index is 12.0. The maximum atomic E-state index is 12.0. The summed E-state index contributed by atoms with van der Waals surface area (Å²) < 4.78 is 19.2. The van der Waals surface area contributed by atoms with Gasteiger partial charge in [0.05, 0.1) is 25.3 Å². The Morgan fingerprint density at radius 3 is 1.52 bits per heavy atom. The summed E-state index contributed by atoms with van der Waals surface area (Å²) in [6, 6.07) is 12.4. The molecule has 0 radical (unpaired) electrons. The number of methoxy groups -OCH3 is 2. The van der Waals surface area contributed by atoms with Gasteiger partial charge >= 0.3 is 38.1 Å². The van der Waals surface area contributed by atoms with Gasteiger partial charge in [0.1, 0.15) is 11.5 Å². The van der Waals surface area contributed by atoms with E-state index >= 15 is 0 Å². The van der Waals surface area contributed by atoms with Crippen molar-refractivity contribution in [2.75, 3.05) is 14.2 Å². The van der Waals surface area contributed by atoms with Gasteiger partial charge in [-0.2, -0.15) is 0 Å². The van der Waals surface area contributed by atoms with Crippen molar-refractivity contribution in [1.82, 2.24) is 0 Å². The first kappa shape index (κ1) is 20.6. The first-order chi connectivity index (χ1) is 11.6. The van der Waals surface area contributed by atoms with Crippen LogP contribution in [0.4, 0.5) is 0 Å². The van der Waals surface area contributed by atoms with Crippen molar-refractivity contribution in [3.05, 3.63) is 59.7 Å². The minimum absolute atomic E-state index is 0. The fourth-order valence-corrected chi connectivity index (χ4v) is 1.95. The molecule has 2 rings (SSSR count). The standard InChI is InChI=1S/C16H14BO7.Li/c1-21-13-9-5-3-7-11(13)15(18)23-17(20)24-16(19)12-8-4-6-10-14(12)22-2;/h3-10H,1-2H3;/q-1;+1. The van der Waals surface area contributed by atoms with Gasteiger partial charge in [-0.25, -0.2) is 9.59 Å². The van der Waals surface area contributed by atoms with Crippen molar-refractivity contribution in [2.24, 2.45) is 0 Å². The zero-order valence-corrected chi connectivity index (χ0v) is 14.1. The van der Waals surface area contributed by atoms with Crippen LogP contribution in [0.1, 0.15) is 20.7 Å². The average molecular weight is 336 g/mol. The summed E-state index contributed by atoms with van der Waals surface area (Å²) in [5.41, 5.74) is 0.100. The van der Waals surface area contributed by atoms with Gasteiger partial charge < -0.3 is 23.8 Å². The predicted molar refractivity (Wildman–Crippen MR) is 82.6 cm³/mol. The second kappa shape index (κ2) is 9.79. The molecular weight excluding hydrogens is 322 g/mol. The quantitative estimate of drug-likeness (QED) is 0.567. The summed E-state index contributed by atoms with van der Waals surface area (Å²) in [5, 5.41) is 11.7. The third-order valence-electron chi connectivity index (χ3n) is 3.06. The van der Waals surface area contributed by atoms with Crippen LogP contribution >= 0.6 is 0 Å². The van der Waals surface area contributed by atoms with Crippen LogP contribution in [0, 0.1) is 0 Å². The number of hydrogen-bond donors (Lipinski definition) is 0. The number of carbonyl (C=O) groups is 2. The Bertz CT molecular complexity index is 676. The zero-order chi connectivity index (χ0) is 17.5.